The van der Waals surface area contributed by atoms with Gasteiger partial charge in [-0.05, 0) is 25.0 Å². The molecule has 0 spiro atoms. The minimum atomic E-state index is -2.24. The first-order valence-corrected chi connectivity index (χ1v) is 10.0. The Kier molecular flexibility index (Phi) is 8.76. The molecular weight excluding hydrogens is 422 g/mol. The number of nitrogens with two attached hydrogens (primary N) is 1. The summed E-state index contributed by atoms with van der Waals surface area (Å²) in [6.45, 7) is 1.37. The van der Waals surface area contributed by atoms with Crippen LogP contribution in [-0.4, -0.2) is 50.2 Å². The van der Waals surface area contributed by atoms with Gasteiger partial charge in [-0.15, -0.1) is 23.7 Å². The van der Waals surface area contributed by atoms with Gasteiger partial charge in [0.25, 0.3) is 0 Å². The van der Waals surface area contributed by atoms with Gasteiger partial charge in [-0.2, -0.15) is 0 Å². The number of piperidine rings is 1. The number of nitrogens with zero attached hydrogens (tertiary/aromatic N) is 2. The summed E-state index contributed by atoms with van der Waals surface area (Å²) in [5.74, 6) is -0.855. The lowest BCUT2D eigenvalue weighted by Gasteiger charge is -2.33. The topological polar surface area (TPSA) is 80.5 Å². The van der Waals surface area contributed by atoms with Crippen LogP contribution in [0.5, 0.6) is 0 Å². The van der Waals surface area contributed by atoms with E-state index in [-0.39, 0.29) is 24.9 Å². The Morgan fingerprint density at radius 2 is 2.14 bits per heavy atom. The summed E-state index contributed by atoms with van der Waals surface area (Å²) in [4.78, 5) is 18.6. The van der Waals surface area contributed by atoms with E-state index in [1.165, 1.54) is 18.4 Å². The van der Waals surface area contributed by atoms with E-state index in [0.717, 1.165) is 16.9 Å². The zero-order valence-corrected chi connectivity index (χ0v) is 17.6. The van der Waals surface area contributed by atoms with Gasteiger partial charge in [-0.1, -0.05) is 12.1 Å². The van der Waals surface area contributed by atoms with Crippen LogP contribution in [0.1, 0.15) is 12.8 Å². The molecule has 1 aromatic carbocycles. The number of carbonyl (C=O) groups is 1. The lowest BCUT2D eigenvalue weighted by Crippen LogP contribution is -2.39. The van der Waals surface area contributed by atoms with E-state index in [2.05, 4.69) is 15.2 Å². The summed E-state index contributed by atoms with van der Waals surface area (Å²) in [5, 5.41) is 5.02. The van der Waals surface area contributed by atoms with Crippen LogP contribution in [0.3, 0.4) is 0 Å². The normalized spacial score (nSPS) is 15.8. The van der Waals surface area contributed by atoms with Crippen LogP contribution in [0.25, 0.3) is 11.3 Å². The molecule has 1 atom stereocenters. The first kappa shape index (κ1) is 23.5. The highest BCUT2D eigenvalue weighted by Gasteiger charge is 2.26. The third-order valence-electron chi connectivity index (χ3n) is 4.82. The molecular formula is C19H25ClF2N4O2S. The number of aromatic nitrogens is 1. The van der Waals surface area contributed by atoms with Gasteiger partial charge in [0.2, 0.25) is 12.3 Å². The maximum absolute atomic E-state index is 12.9. The van der Waals surface area contributed by atoms with Crippen molar-refractivity contribution in [3.63, 3.8) is 0 Å². The van der Waals surface area contributed by atoms with Crippen molar-refractivity contribution in [3.8, 4) is 11.3 Å². The zero-order chi connectivity index (χ0) is 20.1. The predicted octanol–water partition coefficient (Wildman–Crippen LogP) is 3.63. The van der Waals surface area contributed by atoms with Crippen LogP contribution in [0.4, 0.5) is 19.6 Å². The molecule has 1 saturated heterocycles. The molecule has 0 unspecified atom stereocenters. The van der Waals surface area contributed by atoms with Crippen LogP contribution < -0.4 is 16.0 Å². The molecule has 3 N–H and O–H groups in total. The number of hydrogen-bond donors (Lipinski definition) is 2. The number of methoxy groups -OCH3 is 1. The molecule has 29 heavy (non-hydrogen) atoms. The van der Waals surface area contributed by atoms with Crippen LogP contribution in [-0.2, 0) is 9.53 Å². The number of ether oxygens (including phenoxy) is 1. The molecule has 1 fully saturated rings. The second kappa shape index (κ2) is 10.8. The molecule has 0 saturated carbocycles. The molecule has 2 aromatic rings. The van der Waals surface area contributed by atoms with Gasteiger partial charge < -0.3 is 20.7 Å². The monoisotopic (exact) mass is 446 g/mol. The molecule has 10 heteroatoms. The minimum absolute atomic E-state index is 0. The van der Waals surface area contributed by atoms with Gasteiger partial charge in [-0.3, -0.25) is 4.79 Å². The predicted molar refractivity (Wildman–Crippen MR) is 114 cm³/mol. The second-order valence-electron chi connectivity index (χ2n) is 6.80. The van der Waals surface area contributed by atoms with Gasteiger partial charge >= 0.3 is 0 Å². The van der Waals surface area contributed by atoms with E-state index in [1.807, 2.05) is 29.6 Å². The fourth-order valence-corrected chi connectivity index (χ4v) is 3.91. The summed E-state index contributed by atoms with van der Waals surface area (Å²) < 4.78 is 30.6. The van der Waals surface area contributed by atoms with Crippen molar-refractivity contribution in [2.75, 3.05) is 37.0 Å². The number of carbonyl (C=O) groups excluding carboxylic acids is 1. The highest BCUT2D eigenvalue weighted by molar-refractivity contribution is 7.14. The van der Waals surface area contributed by atoms with Gasteiger partial charge in [-0.25, -0.2) is 13.8 Å². The van der Waals surface area contributed by atoms with Crippen molar-refractivity contribution < 1.29 is 18.3 Å². The lowest BCUT2D eigenvalue weighted by molar-refractivity contribution is -0.118. The third kappa shape index (κ3) is 6.08. The molecule has 3 rings (SSSR count). The molecule has 1 aliphatic rings. The fraction of sp³-hybridized carbons (Fsp3) is 0.474. The average molecular weight is 447 g/mol. The maximum atomic E-state index is 12.9. The van der Waals surface area contributed by atoms with Crippen molar-refractivity contribution in [2.24, 2.45) is 11.7 Å². The van der Waals surface area contributed by atoms with Crippen molar-refractivity contribution in [3.05, 3.63) is 29.6 Å². The van der Waals surface area contributed by atoms with Gasteiger partial charge in [0.15, 0.2) is 5.13 Å². The van der Waals surface area contributed by atoms with E-state index < -0.39 is 18.4 Å². The summed E-state index contributed by atoms with van der Waals surface area (Å²) >= 11 is 1.32. The smallest absolute Gasteiger partial charge is 0.245 e. The molecule has 0 radical (unpaired) electrons. The number of hydrogen-bond acceptors (Lipinski definition) is 6. The zero-order valence-electron chi connectivity index (χ0n) is 16.0. The minimum Gasteiger partial charge on any atom is -0.383 e. The average Bonchev–Trinajstić information content (AvgIpc) is 3.17. The number of halogens is 3. The standard InChI is InChI=1S/C19H24F2N4O2S.ClH/c1-27-10-15(22)18(26)24-19-23-16(11-28-19)13-3-2-4-14(9-13)25-7-5-12(6-8-25)17(20)21;/h2-4,9,11-12,15,17H,5-8,10,22H2,1H3,(H,23,24,26);1H/t15-;/m0./s1. The molecule has 2 heterocycles. The molecule has 0 aliphatic carbocycles. The number of alkyl halides is 2. The molecule has 1 aromatic heterocycles. The Morgan fingerprint density at radius 1 is 1.41 bits per heavy atom. The lowest BCUT2D eigenvalue weighted by atomic mass is 9.97. The molecule has 160 valence electrons. The van der Waals surface area contributed by atoms with E-state index in [4.69, 9.17) is 10.5 Å². The Morgan fingerprint density at radius 3 is 2.79 bits per heavy atom. The Balaban J connectivity index is 0.00000300. The highest BCUT2D eigenvalue weighted by atomic mass is 35.5. The Bertz CT molecular complexity index is 800. The summed E-state index contributed by atoms with van der Waals surface area (Å²) in [5.41, 5.74) is 8.35. The number of anilines is 2. The number of nitrogens with one attached hydrogen (secondary N) is 1. The molecule has 0 bridgehead atoms. The molecule has 1 amide bonds. The first-order chi connectivity index (χ1) is 13.5. The Labute approximate surface area is 178 Å². The maximum Gasteiger partial charge on any atom is 0.245 e. The fourth-order valence-electron chi connectivity index (χ4n) is 3.19. The van der Waals surface area contributed by atoms with E-state index in [1.54, 1.807) is 0 Å². The first-order valence-electron chi connectivity index (χ1n) is 9.12. The second-order valence-corrected chi connectivity index (χ2v) is 7.66. The number of benzene rings is 1. The van der Waals surface area contributed by atoms with Gasteiger partial charge in [0.1, 0.15) is 6.04 Å². The summed E-state index contributed by atoms with van der Waals surface area (Å²) in [6, 6.07) is 7.09. The number of rotatable bonds is 7. The Hall–Kier alpha value is -1.81. The van der Waals surface area contributed by atoms with Crippen molar-refractivity contribution in [1.29, 1.82) is 0 Å². The van der Waals surface area contributed by atoms with Crippen LogP contribution in [0.15, 0.2) is 29.6 Å². The quantitative estimate of drug-likeness (QED) is 0.678. The summed E-state index contributed by atoms with van der Waals surface area (Å²) in [6.07, 6.45) is -1.25. The largest absolute Gasteiger partial charge is 0.383 e. The third-order valence-corrected chi connectivity index (χ3v) is 5.58. The van der Waals surface area contributed by atoms with E-state index in [0.29, 0.717) is 31.1 Å². The van der Waals surface area contributed by atoms with Crippen molar-refractivity contribution in [1.82, 2.24) is 4.98 Å². The van der Waals surface area contributed by atoms with E-state index >= 15 is 0 Å². The highest BCUT2D eigenvalue weighted by Crippen LogP contribution is 2.31. The van der Waals surface area contributed by atoms with Crippen molar-refractivity contribution in [2.45, 2.75) is 25.3 Å². The van der Waals surface area contributed by atoms with Crippen LogP contribution >= 0.6 is 23.7 Å². The molecule has 1 aliphatic heterocycles. The SMILES string of the molecule is COC[C@H](N)C(=O)Nc1nc(-c2cccc(N3CCC(C(F)F)CC3)c2)cs1.Cl. The summed E-state index contributed by atoms with van der Waals surface area (Å²) in [7, 11) is 1.48. The van der Waals surface area contributed by atoms with Crippen LogP contribution in [0, 0.1) is 5.92 Å². The van der Waals surface area contributed by atoms with Gasteiger partial charge in [0, 0.05) is 42.7 Å². The number of amides is 1. The van der Waals surface area contributed by atoms with E-state index in [9.17, 15) is 13.6 Å². The number of thiazole rings is 1. The molecule has 6 nitrogen and oxygen atoms in total. The van der Waals surface area contributed by atoms with Crippen molar-refractivity contribution >= 4 is 40.5 Å². The van der Waals surface area contributed by atoms with Gasteiger partial charge in [0.05, 0.1) is 12.3 Å². The van der Waals surface area contributed by atoms with Crippen LogP contribution in [0.2, 0.25) is 0 Å².